The Balaban J connectivity index is 3.17. The first kappa shape index (κ1) is 9.94. The molecule has 0 amide bonds. The van der Waals surface area contributed by atoms with E-state index in [-0.39, 0.29) is 5.03 Å². The summed E-state index contributed by atoms with van der Waals surface area (Å²) in [4.78, 5) is 3.72. The van der Waals surface area contributed by atoms with Crippen molar-refractivity contribution in [3.05, 3.63) is 18.3 Å². The second-order valence-corrected chi connectivity index (χ2v) is 4.82. The highest BCUT2D eigenvalue weighted by atomic mass is 32.2. The Morgan fingerprint density at radius 3 is 2.38 bits per heavy atom. The molecule has 0 aliphatic rings. The average molecular weight is 201 g/mol. The molecule has 1 rings (SSSR count). The molecular formula is C7H11N3O2S. The molecular weight excluding hydrogens is 190 g/mol. The van der Waals surface area contributed by atoms with E-state index in [1.807, 2.05) is 0 Å². The van der Waals surface area contributed by atoms with Crippen molar-refractivity contribution >= 4 is 15.7 Å². The number of rotatable bonds is 2. The van der Waals surface area contributed by atoms with Crippen LogP contribution in [0.5, 0.6) is 0 Å². The highest BCUT2D eigenvalue weighted by Crippen LogP contribution is 2.10. The molecule has 1 aromatic rings. The van der Waals surface area contributed by atoms with Gasteiger partial charge in [0.2, 0.25) is 0 Å². The summed E-state index contributed by atoms with van der Waals surface area (Å²) in [6.07, 6.45) is 1.32. The lowest BCUT2D eigenvalue weighted by molar-refractivity contribution is 0.517. The van der Waals surface area contributed by atoms with E-state index in [9.17, 15) is 8.42 Å². The van der Waals surface area contributed by atoms with Gasteiger partial charge in [-0.25, -0.2) is 17.7 Å². The molecule has 1 heterocycles. The van der Waals surface area contributed by atoms with E-state index in [0.29, 0.717) is 5.69 Å². The number of hydrogen-bond donors (Lipinski definition) is 1. The Kier molecular flexibility index (Phi) is 2.53. The molecule has 0 spiro atoms. The van der Waals surface area contributed by atoms with Crippen LogP contribution in [0.2, 0.25) is 0 Å². The standard InChI is InChI=1S/C7H11N3O2S/c1-10(2)13(11,12)7-4-3-6(8)5-9-7/h3-5H,8H2,1-2H3. The van der Waals surface area contributed by atoms with E-state index in [4.69, 9.17) is 5.73 Å². The zero-order chi connectivity index (χ0) is 10.1. The predicted molar refractivity (Wildman–Crippen MR) is 49.5 cm³/mol. The zero-order valence-corrected chi connectivity index (χ0v) is 8.25. The van der Waals surface area contributed by atoms with Crippen molar-refractivity contribution in [2.45, 2.75) is 5.03 Å². The molecule has 0 saturated carbocycles. The van der Waals surface area contributed by atoms with Crippen LogP contribution < -0.4 is 5.73 Å². The molecule has 0 bridgehead atoms. The van der Waals surface area contributed by atoms with Crippen molar-refractivity contribution in [1.29, 1.82) is 0 Å². The van der Waals surface area contributed by atoms with Gasteiger partial charge in [-0.15, -0.1) is 0 Å². The van der Waals surface area contributed by atoms with Gasteiger partial charge in [-0.3, -0.25) is 0 Å². The van der Waals surface area contributed by atoms with E-state index < -0.39 is 10.0 Å². The Hall–Kier alpha value is -1.14. The van der Waals surface area contributed by atoms with E-state index in [1.54, 1.807) is 0 Å². The number of nitrogens with zero attached hydrogens (tertiary/aromatic N) is 2. The fourth-order valence-corrected chi connectivity index (χ4v) is 1.53. The van der Waals surface area contributed by atoms with Gasteiger partial charge in [-0.05, 0) is 12.1 Å². The van der Waals surface area contributed by atoms with Crippen LogP contribution in [0.15, 0.2) is 23.4 Å². The summed E-state index contributed by atoms with van der Waals surface area (Å²) in [7, 11) is -0.523. The molecule has 1 aromatic heterocycles. The molecule has 0 unspecified atom stereocenters. The van der Waals surface area contributed by atoms with Crippen molar-refractivity contribution in [2.24, 2.45) is 0 Å². The van der Waals surface area contributed by atoms with Gasteiger partial charge in [-0.2, -0.15) is 0 Å². The second-order valence-electron chi connectivity index (χ2n) is 2.72. The summed E-state index contributed by atoms with van der Waals surface area (Å²) >= 11 is 0. The van der Waals surface area contributed by atoms with Gasteiger partial charge in [0, 0.05) is 14.1 Å². The summed E-state index contributed by atoms with van der Waals surface area (Å²) in [6.45, 7) is 0. The first-order valence-corrected chi connectivity index (χ1v) is 5.02. The van der Waals surface area contributed by atoms with Crippen molar-refractivity contribution in [2.75, 3.05) is 19.8 Å². The van der Waals surface area contributed by atoms with Crippen LogP contribution in [0.3, 0.4) is 0 Å². The first-order valence-electron chi connectivity index (χ1n) is 3.58. The summed E-state index contributed by atoms with van der Waals surface area (Å²) in [5.74, 6) is 0. The molecule has 6 heteroatoms. The van der Waals surface area contributed by atoms with E-state index >= 15 is 0 Å². The molecule has 0 aliphatic carbocycles. The third kappa shape index (κ3) is 1.96. The molecule has 0 fully saturated rings. The monoisotopic (exact) mass is 201 g/mol. The van der Waals surface area contributed by atoms with Gasteiger partial charge < -0.3 is 5.73 Å². The number of hydrogen-bond acceptors (Lipinski definition) is 4. The molecule has 2 N–H and O–H groups in total. The van der Waals surface area contributed by atoms with Crippen molar-refractivity contribution in [3.8, 4) is 0 Å². The number of nitrogen functional groups attached to an aromatic ring is 1. The van der Waals surface area contributed by atoms with Crippen LogP contribution in [0.1, 0.15) is 0 Å². The van der Waals surface area contributed by atoms with Crippen LogP contribution in [-0.2, 0) is 10.0 Å². The summed E-state index contributed by atoms with van der Waals surface area (Å²) in [6, 6.07) is 2.88. The lowest BCUT2D eigenvalue weighted by Crippen LogP contribution is -2.23. The Labute approximate surface area is 77.2 Å². The van der Waals surface area contributed by atoms with E-state index in [2.05, 4.69) is 4.98 Å². The molecule has 0 saturated heterocycles. The number of sulfonamides is 1. The maximum Gasteiger partial charge on any atom is 0.260 e. The first-order chi connectivity index (χ1) is 5.94. The highest BCUT2D eigenvalue weighted by molar-refractivity contribution is 7.89. The quantitative estimate of drug-likeness (QED) is 0.725. The normalized spacial score (nSPS) is 11.9. The third-order valence-corrected chi connectivity index (χ3v) is 3.24. The average Bonchev–Trinajstić information content (AvgIpc) is 2.04. The van der Waals surface area contributed by atoms with Crippen molar-refractivity contribution in [1.82, 2.24) is 9.29 Å². The van der Waals surface area contributed by atoms with Gasteiger partial charge in [0.05, 0.1) is 11.9 Å². The highest BCUT2D eigenvalue weighted by Gasteiger charge is 2.17. The van der Waals surface area contributed by atoms with Gasteiger partial charge in [0.25, 0.3) is 10.0 Å². The van der Waals surface area contributed by atoms with Gasteiger partial charge >= 0.3 is 0 Å². The van der Waals surface area contributed by atoms with Crippen LogP contribution in [0.25, 0.3) is 0 Å². The van der Waals surface area contributed by atoms with Gasteiger partial charge in [0.15, 0.2) is 5.03 Å². The van der Waals surface area contributed by atoms with Crippen LogP contribution in [0, 0.1) is 0 Å². The minimum atomic E-state index is -3.43. The fraction of sp³-hybridized carbons (Fsp3) is 0.286. The smallest absolute Gasteiger partial charge is 0.260 e. The van der Waals surface area contributed by atoms with Crippen LogP contribution >= 0.6 is 0 Å². The number of aromatic nitrogens is 1. The lowest BCUT2D eigenvalue weighted by atomic mass is 10.4. The molecule has 0 aliphatic heterocycles. The maximum absolute atomic E-state index is 11.5. The molecule has 0 atom stereocenters. The largest absolute Gasteiger partial charge is 0.397 e. The summed E-state index contributed by atoms with van der Waals surface area (Å²) < 4.78 is 24.0. The molecule has 0 radical (unpaired) electrons. The lowest BCUT2D eigenvalue weighted by Gasteiger charge is -2.09. The molecule has 72 valence electrons. The third-order valence-electron chi connectivity index (χ3n) is 1.50. The summed E-state index contributed by atoms with van der Waals surface area (Å²) in [5.41, 5.74) is 5.82. The van der Waals surface area contributed by atoms with Crippen molar-refractivity contribution < 1.29 is 8.42 Å². The van der Waals surface area contributed by atoms with Gasteiger partial charge in [-0.1, -0.05) is 0 Å². The fourth-order valence-electron chi connectivity index (χ4n) is 0.731. The maximum atomic E-state index is 11.5. The van der Waals surface area contributed by atoms with Crippen molar-refractivity contribution in [3.63, 3.8) is 0 Å². The van der Waals surface area contributed by atoms with E-state index in [1.165, 1.54) is 32.4 Å². The summed E-state index contributed by atoms with van der Waals surface area (Å²) in [5, 5.41) is 0.00620. The Bertz CT molecular complexity index is 383. The minimum absolute atomic E-state index is 0.00620. The number of nitrogens with two attached hydrogens (primary N) is 1. The van der Waals surface area contributed by atoms with Crippen LogP contribution in [-0.4, -0.2) is 31.8 Å². The number of anilines is 1. The minimum Gasteiger partial charge on any atom is -0.397 e. The predicted octanol–water partition coefficient (Wildman–Crippen LogP) is -0.0859. The molecule has 0 aromatic carbocycles. The Morgan fingerprint density at radius 2 is 2.00 bits per heavy atom. The molecule has 5 nitrogen and oxygen atoms in total. The topological polar surface area (TPSA) is 76.3 Å². The zero-order valence-electron chi connectivity index (χ0n) is 7.43. The van der Waals surface area contributed by atoms with Gasteiger partial charge in [0.1, 0.15) is 0 Å². The Morgan fingerprint density at radius 1 is 1.38 bits per heavy atom. The van der Waals surface area contributed by atoms with Crippen LogP contribution in [0.4, 0.5) is 5.69 Å². The SMILES string of the molecule is CN(C)S(=O)(=O)c1ccc(N)cn1. The number of pyridine rings is 1. The van der Waals surface area contributed by atoms with E-state index in [0.717, 1.165) is 4.31 Å². The second kappa shape index (κ2) is 3.31. The molecule has 13 heavy (non-hydrogen) atoms.